The Labute approximate surface area is 114 Å². The summed E-state index contributed by atoms with van der Waals surface area (Å²) in [6.07, 6.45) is 6.81. The molecule has 0 saturated carbocycles. The van der Waals surface area contributed by atoms with Crippen molar-refractivity contribution in [2.24, 2.45) is 11.7 Å². The van der Waals surface area contributed by atoms with Gasteiger partial charge in [0, 0.05) is 19.1 Å². The number of nitrogens with two attached hydrogens (primary N) is 1. The summed E-state index contributed by atoms with van der Waals surface area (Å²) in [5.41, 5.74) is 8.52. The third-order valence-electron chi connectivity index (χ3n) is 4.10. The molecule has 3 rings (SSSR count). The molecule has 1 heterocycles. The van der Waals surface area contributed by atoms with Crippen LogP contribution in [0.15, 0.2) is 36.4 Å². The van der Waals surface area contributed by atoms with Gasteiger partial charge in [-0.3, -0.25) is 4.79 Å². The van der Waals surface area contributed by atoms with Gasteiger partial charge in [0.25, 0.3) is 0 Å². The van der Waals surface area contributed by atoms with Crippen LogP contribution < -0.4 is 5.73 Å². The van der Waals surface area contributed by atoms with Crippen molar-refractivity contribution >= 4 is 5.91 Å². The molecule has 3 heteroatoms. The third kappa shape index (κ3) is 2.56. The summed E-state index contributed by atoms with van der Waals surface area (Å²) >= 11 is 0. The van der Waals surface area contributed by atoms with Crippen LogP contribution in [-0.2, 0) is 17.8 Å². The molecular weight excluding hydrogens is 236 g/mol. The Balaban J connectivity index is 1.76. The number of carbonyl (C=O) groups excluding carboxylic acids is 1. The first-order valence-corrected chi connectivity index (χ1v) is 7.03. The zero-order valence-electron chi connectivity index (χ0n) is 11.1. The largest absolute Gasteiger partial charge is 0.338 e. The van der Waals surface area contributed by atoms with Crippen LogP contribution in [0.4, 0.5) is 0 Å². The van der Waals surface area contributed by atoms with Crippen molar-refractivity contribution in [1.29, 1.82) is 0 Å². The van der Waals surface area contributed by atoms with Gasteiger partial charge in [-0.05, 0) is 30.4 Å². The normalized spacial score (nSPS) is 26.1. The standard InChI is InChI=1S/C16H20N2O/c17-15-8-7-13(10-15)16(19)18-9-3-6-12-4-1-2-5-14(12)11-18/h1-2,4-5,7-8,13,15H,3,6,9-11,17H2. The molecule has 0 spiro atoms. The van der Waals surface area contributed by atoms with Crippen LogP contribution in [-0.4, -0.2) is 23.4 Å². The average molecular weight is 256 g/mol. The van der Waals surface area contributed by atoms with E-state index < -0.39 is 0 Å². The second-order valence-corrected chi connectivity index (χ2v) is 5.52. The van der Waals surface area contributed by atoms with Crippen LogP contribution in [0.2, 0.25) is 0 Å². The van der Waals surface area contributed by atoms with Gasteiger partial charge < -0.3 is 10.6 Å². The lowest BCUT2D eigenvalue weighted by atomic mass is 10.0. The number of carbonyl (C=O) groups is 1. The van der Waals surface area contributed by atoms with E-state index in [0.29, 0.717) is 0 Å². The molecule has 2 atom stereocenters. The van der Waals surface area contributed by atoms with E-state index in [0.717, 1.165) is 32.4 Å². The van der Waals surface area contributed by atoms with Gasteiger partial charge in [-0.25, -0.2) is 0 Å². The smallest absolute Gasteiger partial charge is 0.229 e. The van der Waals surface area contributed by atoms with Crippen LogP contribution in [0.3, 0.4) is 0 Å². The number of hydrogen-bond donors (Lipinski definition) is 1. The Kier molecular flexibility index (Phi) is 3.38. The second-order valence-electron chi connectivity index (χ2n) is 5.52. The molecule has 1 aromatic rings. The summed E-state index contributed by atoms with van der Waals surface area (Å²) in [7, 11) is 0. The van der Waals surface area contributed by atoms with E-state index >= 15 is 0 Å². The van der Waals surface area contributed by atoms with E-state index in [-0.39, 0.29) is 17.9 Å². The summed E-state index contributed by atoms with van der Waals surface area (Å²) in [6, 6.07) is 8.49. The van der Waals surface area contributed by atoms with Crippen molar-refractivity contribution in [2.45, 2.75) is 31.8 Å². The van der Waals surface area contributed by atoms with Crippen LogP contribution in [0, 0.1) is 5.92 Å². The van der Waals surface area contributed by atoms with Gasteiger partial charge in [0.15, 0.2) is 0 Å². The van der Waals surface area contributed by atoms with E-state index in [1.165, 1.54) is 11.1 Å². The molecule has 0 aromatic heterocycles. The minimum Gasteiger partial charge on any atom is -0.338 e. The predicted octanol–water partition coefficient (Wildman–Crippen LogP) is 1.86. The lowest BCUT2D eigenvalue weighted by Gasteiger charge is -2.24. The van der Waals surface area contributed by atoms with E-state index in [1.807, 2.05) is 17.1 Å². The first-order chi connectivity index (χ1) is 9.24. The quantitative estimate of drug-likeness (QED) is 0.780. The zero-order chi connectivity index (χ0) is 13.2. The van der Waals surface area contributed by atoms with Crippen molar-refractivity contribution in [3.63, 3.8) is 0 Å². The molecule has 0 fully saturated rings. The minimum atomic E-state index is -0.0136. The van der Waals surface area contributed by atoms with Gasteiger partial charge in [-0.15, -0.1) is 0 Å². The first kappa shape index (κ1) is 12.4. The second kappa shape index (κ2) is 5.17. The van der Waals surface area contributed by atoms with E-state index in [2.05, 4.69) is 24.3 Å². The lowest BCUT2D eigenvalue weighted by molar-refractivity contribution is -0.134. The molecule has 2 unspecified atom stereocenters. The van der Waals surface area contributed by atoms with Crippen LogP contribution in [0.25, 0.3) is 0 Å². The molecule has 0 saturated heterocycles. The number of benzene rings is 1. The number of fused-ring (bicyclic) bond motifs is 1. The Morgan fingerprint density at radius 1 is 1.21 bits per heavy atom. The molecule has 0 bridgehead atoms. The van der Waals surface area contributed by atoms with E-state index in [9.17, 15) is 4.79 Å². The highest BCUT2D eigenvalue weighted by molar-refractivity contribution is 5.81. The highest BCUT2D eigenvalue weighted by Gasteiger charge is 2.28. The van der Waals surface area contributed by atoms with Crippen LogP contribution in [0.1, 0.15) is 24.0 Å². The highest BCUT2D eigenvalue weighted by Crippen LogP contribution is 2.23. The predicted molar refractivity (Wildman–Crippen MR) is 75.4 cm³/mol. The Bertz CT molecular complexity index is 509. The molecular formula is C16H20N2O. The fraction of sp³-hybridized carbons (Fsp3) is 0.438. The van der Waals surface area contributed by atoms with Crippen molar-refractivity contribution < 1.29 is 4.79 Å². The van der Waals surface area contributed by atoms with Gasteiger partial charge >= 0.3 is 0 Å². The Morgan fingerprint density at radius 3 is 2.74 bits per heavy atom. The van der Waals surface area contributed by atoms with Gasteiger partial charge in [-0.1, -0.05) is 36.4 Å². The first-order valence-electron chi connectivity index (χ1n) is 7.03. The minimum absolute atomic E-state index is 0.0136. The molecule has 19 heavy (non-hydrogen) atoms. The highest BCUT2D eigenvalue weighted by atomic mass is 16.2. The molecule has 2 aliphatic rings. The van der Waals surface area contributed by atoms with Crippen molar-refractivity contribution in [3.8, 4) is 0 Å². The average Bonchev–Trinajstić information content (AvgIpc) is 2.74. The number of amides is 1. The number of hydrogen-bond acceptors (Lipinski definition) is 2. The summed E-state index contributed by atoms with van der Waals surface area (Å²) in [5.74, 6) is 0.223. The summed E-state index contributed by atoms with van der Waals surface area (Å²) in [4.78, 5) is 14.5. The SMILES string of the molecule is NC1C=CC(C(=O)N2CCCc3ccccc3C2)C1. The monoisotopic (exact) mass is 256 g/mol. The summed E-state index contributed by atoms with van der Waals surface area (Å²) in [5, 5.41) is 0. The van der Waals surface area contributed by atoms with Crippen LogP contribution >= 0.6 is 0 Å². The van der Waals surface area contributed by atoms with Gasteiger partial charge in [-0.2, -0.15) is 0 Å². The van der Waals surface area contributed by atoms with Gasteiger partial charge in [0.05, 0.1) is 5.92 Å². The van der Waals surface area contributed by atoms with E-state index in [4.69, 9.17) is 5.73 Å². The molecule has 0 radical (unpaired) electrons. The molecule has 1 aromatic carbocycles. The fourth-order valence-electron chi connectivity index (χ4n) is 3.03. The van der Waals surface area contributed by atoms with E-state index in [1.54, 1.807) is 0 Å². The number of nitrogens with zero attached hydrogens (tertiary/aromatic N) is 1. The van der Waals surface area contributed by atoms with Crippen molar-refractivity contribution in [3.05, 3.63) is 47.5 Å². The maximum absolute atomic E-state index is 12.5. The number of rotatable bonds is 1. The maximum Gasteiger partial charge on any atom is 0.229 e. The maximum atomic E-state index is 12.5. The van der Waals surface area contributed by atoms with Crippen molar-refractivity contribution in [2.75, 3.05) is 6.54 Å². The number of aryl methyl sites for hydroxylation is 1. The van der Waals surface area contributed by atoms with Crippen LogP contribution in [0.5, 0.6) is 0 Å². The molecule has 1 amide bonds. The molecule has 100 valence electrons. The van der Waals surface area contributed by atoms with Gasteiger partial charge in [0.1, 0.15) is 0 Å². The van der Waals surface area contributed by atoms with Crippen molar-refractivity contribution in [1.82, 2.24) is 4.90 Å². The molecule has 2 N–H and O–H groups in total. The Hall–Kier alpha value is -1.61. The molecule has 1 aliphatic heterocycles. The molecule has 1 aliphatic carbocycles. The third-order valence-corrected chi connectivity index (χ3v) is 4.10. The van der Waals surface area contributed by atoms with Gasteiger partial charge in [0.2, 0.25) is 5.91 Å². The summed E-state index contributed by atoms with van der Waals surface area (Å²) in [6.45, 7) is 1.60. The Morgan fingerprint density at radius 2 is 2.00 bits per heavy atom. The fourth-order valence-corrected chi connectivity index (χ4v) is 3.03. The molecule has 3 nitrogen and oxygen atoms in total. The summed E-state index contributed by atoms with van der Waals surface area (Å²) < 4.78 is 0. The lowest BCUT2D eigenvalue weighted by Crippen LogP contribution is -2.35. The topological polar surface area (TPSA) is 46.3 Å². The zero-order valence-corrected chi connectivity index (χ0v) is 11.1.